The molecule has 1 fully saturated rings. The molecule has 0 saturated heterocycles. The molecule has 0 aromatic heterocycles. The number of hydrogen-bond donors (Lipinski definition) is 1. The van der Waals surface area contributed by atoms with Gasteiger partial charge in [0.05, 0.1) is 18.8 Å². The third-order valence-electron chi connectivity index (χ3n) is 2.41. The molecule has 1 aliphatic rings. The second-order valence-electron chi connectivity index (χ2n) is 3.57. The van der Waals surface area contributed by atoms with Crippen LogP contribution in [0.3, 0.4) is 0 Å². The van der Waals surface area contributed by atoms with Gasteiger partial charge in [0.15, 0.2) is 0 Å². The average Bonchev–Trinajstić information content (AvgIpc) is 2.07. The summed E-state index contributed by atoms with van der Waals surface area (Å²) in [5, 5.41) is 3.28. The van der Waals surface area contributed by atoms with Gasteiger partial charge >= 0.3 is 0 Å². The summed E-state index contributed by atoms with van der Waals surface area (Å²) in [4.78, 5) is 0. The highest BCUT2D eigenvalue weighted by Crippen LogP contribution is 2.23. The largest absolute Gasteiger partial charge is 0.382 e. The molecular weight excluding hydrogens is 166 g/mol. The Morgan fingerprint density at radius 1 is 1.46 bits per heavy atom. The van der Waals surface area contributed by atoms with Gasteiger partial charge in [-0.3, -0.25) is 0 Å². The van der Waals surface area contributed by atoms with Gasteiger partial charge in [0.2, 0.25) is 0 Å². The van der Waals surface area contributed by atoms with E-state index in [0.29, 0.717) is 12.7 Å². The van der Waals surface area contributed by atoms with Crippen LogP contribution in [0.5, 0.6) is 0 Å². The topological polar surface area (TPSA) is 30.5 Å². The number of rotatable bonds is 7. The summed E-state index contributed by atoms with van der Waals surface area (Å²) in [6, 6.07) is 0. The molecule has 0 spiro atoms. The van der Waals surface area contributed by atoms with Gasteiger partial charge in [-0.25, -0.2) is 0 Å². The minimum absolute atomic E-state index is 0.232. The normalized spacial score (nSPS) is 19.8. The van der Waals surface area contributed by atoms with Crippen molar-refractivity contribution in [3.05, 3.63) is 0 Å². The fraction of sp³-hybridized carbons (Fsp3) is 1.00. The molecule has 0 radical (unpaired) electrons. The predicted octanol–water partition coefficient (Wildman–Crippen LogP) is 1.18. The maximum atomic E-state index is 5.84. The van der Waals surface area contributed by atoms with Crippen molar-refractivity contribution in [1.82, 2.24) is 5.32 Å². The van der Waals surface area contributed by atoms with Crippen molar-refractivity contribution in [2.45, 2.75) is 38.4 Å². The van der Waals surface area contributed by atoms with E-state index in [1.54, 1.807) is 7.11 Å². The van der Waals surface area contributed by atoms with Crippen LogP contribution in [-0.4, -0.2) is 39.0 Å². The minimum atomic E-state index is 0.232. The van der Waals surface area contributed by atoms with Crippen LogP contribution < -0.4 is 5.32 Å². The zero-order valence-electron chi connectivity index (χ0n) is 8.71. The van der Waals surface area contributed by atoms with Crippen LogP contribution in [0.25, 0.3) is 0 Å². The summed E-state index contributed by atoms with van der Waals surface area (Å²) in [6.07, 6.45) is 4.51. The number of nitrogens with one attached hydrogen (secondary N) is 1. The first kappa shape index (κ1) is 11.0. The van der Waals surface area contributed by atoms with Crippen molar-refractivity contribution >= 4 is 0 Å². The SMILES string of the molecule is CCNCC(COC)OC1CCC1. The van der Waals surface area contributed by atoms with E-state index in [9.17, 15) is 0 Å². The first-order valence-electron chi connectivity index (χ1n) is 5.22. The first-order chi connectivity index (χ1) is 6.36. The van der Waals surface area contributed by atoms with Crippen LogP contribution in [0.15, 0.2) is 0 Å². The molecule has 1 atom stereocenters. The first-order valence-corrected chi connectivity index (χ1v) is 5.22. The van der Waals surface area contributed by atoms with Crippen LogP contribution in [0.4, 0.5) is 0 Å². The Hall–Kier alpha value is -0.120. The van der Waals surface area contributed by atoms with Crippen LogP contribution in [0, 0.1) is 0 Å². The van der Waals surface area contributed by atoms with Crippen molar-refractivity contribution in [2.24, 2.45) is 0 Å². The van der Waals surface area contributed by atoms with Gasteiger partial charge in [-0.1, -0.05) is 6.92 Å². The highest BCUT2D eigenvalue weighted by molar-refractivity contribution is 4.72. The summed E-state index contributed by atoms with van der Waals surface area (Å²) in [6.45, 7) is 4.70. The molecule has 3 heteroatoms. The van der Waals surface area contributed by atoms with Crippen molar-refractivity contribution < 1.29 is 9.47 Å². The van der Waals surface area contributed by atoms with Gasteiger partial charge in [-0.05, 0) is 25.8 Å². The Balaban J connectivity index is 2.11. The van der Waals surface area contributed by atoms with Crippen LogP contribution in [0.1, 0.15) is 26.2 Å². The third kappa shape index (κ3) is 4.07. The molecule has 0 heterocycles. The molecule has 0 aliphatic heterocycles. The zero-order valence-corrected chi connectivity index (χ0v) is 8.71. The fourth-order valence-corrected chi connectivity index (χ4v) is 1.42. The number of ether oxygens (including phenoxy) is 2. The maximum Gasteiger partial charge on any atom is 0.0936 e. The van der Waals surface area contributed by atoms with E-state index in [-0.39, 0.29) is 6.10 Å². The van der Waals surface area contributed by atoms with E-state index in [1.807, 2.05) is 0 Å². The molecule has 78 valence electrons. The maximum absolute atomic E-state index is 5.84. The Kier molecular flexibility index (Phi) is 5.35. The van der Waals surface area contributed by atoms with Crippen molar-refractivity contribution in [3.63, 3.8) is 0 Å². The van der Waals surface area contributed by atoms with Crippen molar-refractivity contribution in [2.75, 3.05) is 26.8 Å². The van der Waals surface area contributed by atoms with E-state index >= 15 is 0 Å². The van der Waals surface area contributed by atoms with E-state index < -0.39 is 0 Å². The Bertz CT molecular complexity index is 126. The molecule has 1 unspecified atom stereocenters. The van der Waals surface area contributed by atoms with Gasteiger partial charge in [0, 0.05) is 13.7 Å². The lowest BCUT2D eigenvalue weighted by Gasteiger charge is -2.30. The molecule has 3 nitrogen and oxygen atoms in total. The zero-order chi connectivity index (χ0) is 9.52. The van der Waals surface area contributed by atoms with Gasteiger partial charge in [-0.15, -0.1) is 0 Å². The molecule has 0 bridgehead atoms. The molecule has 0 aromatic carbocycles. The Labute approximate surface area is 80.8 Å². The molecule has 1 N–H and O–H groups in total. The third-order valence-corrected chi connectivity index (χ3v) is 2.41. The van der Waals surface area contributed by atoms with Gasteiger partial charge in [0.25, 0.3) is 0 Å². The highest BCUT2D eigenvalue weighted by Gasteiger charge is 2.22. The van der Waals surface area contributed by atoms with Gasteiger partial charge in [-0.2, -0.15) is 0 Å². The quantitative estimate of drug-likeness (QED) is 0.649. The van der Waals surface area contributed by atoms with E-state index in [1.165, 1.54) is 19.3 Å². The summed E-state index contributed by atoms with van der Waals surface area (Å²) in [5.41, 5.74) is 0. The molecule has 1 rings (SSSR count). The summed E-state index contributed by atoms with van der Waals surface area (Å²) >= 11 is 0. The summed E-state index contributed by atoms with van der Waals surface area (Å²) in [5.74, 6) is 0. The molecular formula is C10H21NO2. The monoisotopic (exact) mass is 187 g/mol. The lowest BCUT2D eigenvalue weighted by molar-refractivity contribution is -0.0760. The molecule has 1 saturated carbocycles. The molecule has 1 aliphatic carbocycles. The standard InChI is InChI=1S/C10H21NO2/c1-3-11-7-10(8-12-2)13-9-5-4-6-9/h9-11H,3-8H2,1-2H3. The van der Waals surface area contributed by atoms with E-state index in [2.05, 4.69) is 12.2 Å². The second kappa shape index (κ2) is 6.35. The fourth-order valence-electron chi connectivity index (χ4n) is 1.42. The second-order valence-corrected chi connectivity index (χ2v) is 3.57. The van der Waals surface area contributed by atoms with Crippen LogP contribution in [-0.2, 0) is 9.47 Å². The summed E-state index contributed by atoms with van der Waals surface area (Å²) < 4.78 is 10.9. The van der Waals surface area contributed by atoms with Crippen molar-refractivity contribution in [3.8, 4) is 0 Å². The Morgan fingerprint density at radius 2 is 2.23 bits per heavy atom. The van der Waals surface area contributed by atoms with E-state index in [0.717, 1.165) is 13.1 Å². The lowest BCUT2D eigenvalue weighted by Crippen LogP contribution is -2.37. The van der Waals surface area contributed by atoms with E-state index in [4.69, 9.17) is 9.47 Å². The van der Waals surface area contributed by atoms with Gasteiger partial charge < -0.3 is 14.8 Å². The van der Waals surface area contributed by atoms with Crippen LogP contribution >= 0.6 is 0 Å². The number of likely N-dealkylation sites (N-methyl/N-ethyl adjacent to an activating group) is 1. The predicted molar refractivity (Wildman–Crippen MR) is 52.9 cm³/mol. The number of hydrogen-bond acceptors (Lipinski definition) is 3. The molecule has 0 aromatic rings. The van der Waals surface area contributed by atoms with Crippen molar-refractivity contribution in [1.29, 1.82) is 0 Å². The average molecular weight is 187 g/mol. The number of methoxy groups -OCH3 is 1. The lowest BCUT2D eigenvalue weighted by atomic mass is 9.96. The minimum Gasteiger partial charge on any atom is -0.382 e. The molecule has 0 amide bonds. The Morgan fingerprint density at radius 3 is 2.69 bits per heavy atom. The smallest absolute Gasteiger partial charge is 0.0936 e. The molecule has 13 heavy (non-hydrogen) atoms. The summed E-state index contributed by atoms with van der Waals surface area (Å²) in [7, 11) is 1.73. The van der Waals surface area contributed by atoms with Gasteiger partial charge in [0.1, 0.15) is 0 Å². The highest BCUT2D eigenvalue weighted by atomic mass is 16.5. The van der Waals surface area contributed by atoms with Crippen LogP contribution in [0.2, 0.25) is 0 Å².